The SMILES string of the molecule is C[C@]1(O)CCN(C(=O)I)C1. The molecular weight excluding hydrogens is 245 g/mol. The van der Waals surface area contributed by atoms with Gasteiger partial charge in [0.05, 0.1) is 5.60 Å². The van der Waals surface area contributed by atoms with Crippen molar-refractivity contribution in [2.45, 2.75) is 18.9 Å². The predicted octanol–water partition coefficient (Wildman–Crippen LogP) is 0.998. The van der Waals surface area contributed by atoms with Crippen molar-refractivity contribution in [3.63, 3.8) is 0 Å². The topological polar surface area (TPSA) is 40.5 Å². The molecule has 1 saturated heterocycles. The van der Waals surface area contributed by atoms with Gasteiger partial charge < -0.3 is 10.0 Å². The molecule has 0 radical (unpaired) electrons. The monoisotopic (exact) mass is 255 g/mol. The van der Waals surface area contributed by atoms with Gasteiger partial charge in [0.25, 0.3) is 3.91 Å². The molecule has 1 amide bonds. The first-order valence-corrected chi connectivity index (χ1v) is 4.26. The van der Waals surface area contributed by atoms with Gasteiger partial charge in [-0.05, 0) is 13.3 Å². The quantitative estimate of drug-likeness (QED) is 0.398. The average Bonchev–Trinajstić information content (AvgIpc) is 2.10. The van der Waals surface area contributed by atoms with Crippen LogP contribution in [0.1, 0.15) is 13.3 Å². The van der Waals surface area contributed by atoms with E-state index in [1.807, 2.05) is 0 Å². The second-order valence-electron chi connectivity index (χ2n) is 2.92. The van der Waals surface area contributed by atoms with E-state index in [1.165, 1.54) is 0 Å². The third-order valence-electron chi connectivity index (χ3n) is 1.70. The van der Waals surface area contributed by atoms with Crippen LogP contribution in [0.2, 0.25) is 0 Å². The van der Waals surface area contributed by atoms with Crippen molar-refractivity contribution in [1.29, 1.82) is 0 Å². The molecule has 0 unspecified atom stereocenters. The molecule has 0 bridgehead atoms. The van der Waals surface area contributed by atoms with Gasteiger partial charge in [-0.25, -0.2) is 0 Å². The lowest BCUT2D eigenvalue weighted by Gasteiger charge is -2.16. The fourth-order valence-corrected chi connectivity index (χ4v) is 1.51. The molecule has 0 spiro atoms. The van der Waals surface area contributed by atoms with E-state index >= 15 is 0 Å². The van der Waals surface area contributed by atoms with Gasteiger partial charge >= 0.3 is 0 Å². The van der Waals surface area contributed by atoms with Crippen LogP contribution < -0.4 is 0 Å². The van der Waals surface area contributed by atoms with E-state index < -0.39 is 5.60 Å². The van der Waals surface area contributed by atoms with Gasteiger partial charge in [-0.15, -0.1) is 0 Å². The Balaban J connectivity index is 2.51. The Hall–Kier alpha value is 0.160. The van der Waals surface area contributed by atoms with Crippen LogP contribution in [0.15, 0.2) is 0 Å². The highest BCUT2D eigenvalue weighted by Crippen LogP contribution is 2.21. The molecule has 0 saturated carbocycles. The Labute approximate surface area is 73.5 Å². The van der Waals surface area contributed by atoms with Gasteiger partial charge in [-0.1, -0.05) is 0 Å². The number of aliphatic hydroxyl groups is 1. The summed E-state index contributed by atoms with van der Waals surface area (Å²) in [5, 5.41) is 9.42. The maximum atomic E-state index is 10.7. The van der Waals surface area contributed by atoms with Crippen LogP contribution in [0, 0.1) is 0 Å². The second kappa shape index (κ2) is 2.65. The summed E-state index contributed by atoms with van der Waals surface area (Å²) in [5.41, 5.74) is -0.652. The lowest BCUT2D eigenvalue weighted by Crippen LogP contribution is -2.30. The van der Waals surface area contributed by atoms with Crippen molar-refractivity contribution in [3.05, 3.63) is 0 Å². The van der Waals surface area contributed by atoms with Crippen LogP contribution in [0.5, 0.6) is 0 Å². The van der Waals surface area contributed by atoms with Crippen LogP contribution in [-0.2, 0) is 0 Å². The Morgan fingerprint density at radius 3 is 2.60 bits per heavy atom. The third kappa shape index (κ3) is 1.82. The molecule has 1 aliphatic rings. The average molecular weight is 255 g/mol. The van der Waals surface area contributed by atoms with Crippen LogP contribution in [0.3, 0.4) is 0 Å². The first kappa shape index (κ1) is 8.26. The molecule has 4 heteroatoms. The maximum Gasteiger partial charge on any atom is 0.283 e. The normalized spacial score (nSPS) is 32.9. The second-order valence-corrected chi connectivity index (χ2v) is 3.84. The molecule has 1 heterocycles. The van der Waals surface area contributed by atoms with Crippen molar-refractivity contribution < 1.29 is 9.90 Å². The number of hydrogen-bond acceptors (Lipinski definition) is 2. The van der Waals surface area contributed by atoms with E-state index in [0.717, 1.165) is 0 Å². The first-order valence-electron chi connectivity index (χ1n) is 3.18. The minimum absolute atomic E-state index is 0.0235. The molecule has 0 aromatic heterocycles. The number of nitrogens with zero attached hydrogens (tertiary/aromatic N) is 1. The molecule has 1 rings (SSSR count). The summed E-state index contributed by atoms with van der Waals surface area (Å²) < 4.78 is 0.0235. The Bertz CT molecular complexity index is 158. The summed E-state index contributed by atoms with van der Waals surface area (Å²) in [7, 11) is 0. The van der Waals surface area contributed by atoms with Crippen LogP contribution in [-0.4, -0.2) is 32.6 Å². The summed E-state index contributed by atoms with van der Waals surface area (Å²) in [5.74, 6) is 0. The van der Waals surface area contributed by atoms with Crippen molar-refractivity contribution in [1.82, 2.24) is 4.90 Å². The minimum Gasteiger partial charge on any atom is -0.388 e. The lowest BCUT2D eigenvalue weighted by molar-refractivity contribution is 0.0736. The number of likely N-dealkylation sites (tertiary alicyclic amines) is 1. The molecule has 0 aliphatic carbocycles. The van der Waals surface area contributed by atoms with Crippen molar-refractivity contribution >= 4 is 26.5 Å². The number of carbonyl (C=O) groups is 1. The molecule has 1 atom stereocenters. The van der Waals surface area contributed by atoms with Crippen molar-refractivity contribution in [2.24, 2.45) is 0 Å². The molecule has 1 fully saturated rings. The van der Waals surface area contributed by atoms with Crippen molar-refractivity contribution in [2.75, 3.05) is 13.1 Å². The summed E-state index contributed by atoms with van der Waals surface area (Å²) in [6.07, 6.45) is 0.696. The van der Waals surface area contributed by atoms with Gasteiger partial charge in [-0.3, -0.25) is 4.79 Å². The minimum atomic E-state index is -0.652. The fraction of sp³-hybridized carbons (Fsp3) is 0.833. The number of hydrogen-bond donors (Lipinski definition) is 1. The van der Waals surface area contributed by atoms with E-state index in [9.17, 15) is 9.90 Å². The number of amides is 1. The highest BCUT2D eigenvalue weighted by Gasteiger charge is 2.32. The van der Waals surface area contributed by atoms with Crippen LogP contribution in [0.25, 0.3) is 0 Å². The standard InChI is InChI=1S/C6H10INO2/c1-6(10)2-3-8(4-6)5(7)9/h10H,2-4H2,1H3/t6-/m0/s1. The smallest absolute Gasteiger partial charge is 0.283 e. The molecule has 1 N–H and O–H groups in total. The van der Waals surface area contributed by atoms with Gasteiger partial charge in [0.15, 0.2) is 0 Å². The molecule has 58 valence electrons. The lowest BCUT2D eigenvalue weighted by atomic mass is 10.1. The van der Waals surface area contributed by atoms with E-state index in [4.69, 9.17) is 0 Å². The predicted molar refractivity (Wildman–Crippen MR) is 46.2 cm³/mol. The van der Waals surface area contributed by atoms with Crippen LogP contribution in [0.4, 0.5) is 4.79 Å². The number of rotatable bonds is 0. The Morgan fingerprint density at radius 1 is 1.80 bits per heavy atom. The maximum absolute atomic E-state index is 10.7. The zero-order valence-electron chi connectivity index (χ0n) is 5.80. The molecular formula is C6H10INO2. The third-order valence-corrected chi connectivity index (χ3v) is 2.38. The highest BCUT2D eigenvalue weighted by molar-refractivity contribution is 14.1. The van der Waals surface area contributed by atoms with Gasteiger partial charge in [0, 0.05) is 35.7 Å². The van der Waals surface area contributed by atoms with E-state index in [1.54, 1.807) is 34.4 Å². The zero-order valence-corrected chi connectivity index (χ0v) is 7.96. The number of β-amino-alcohol motifs (C(OH)–C–C–N with tert-alkyl or cyclic N) is 1. The number of halogens is 1. The van der Waals surface area contributed by atoms with Gasteiger partial charge in [0.2, 0.25) is 0 Å². The zero-order chi connectivity index (χ0) is 7.78. The Morgan fingerprint density at radius 2 is 2.40 bits per heavy atom. The van der Waals surface area contributed by atoms with E-state index in [2.05, 4.69) is 0 Å². The molecule has 1 aliphatic heterocycles. The van der Waals surface area contributed by atoms with Crippen LogP contribution >= 0.6 is 22.6 Å². The van der Waals surface area contributed by atoms with Gasteiger partial charge in [0.1, 0.15) is 0 Å². The molecule has 3 nitrogen and oxygen atoms in total. The molecule has 0 aromatic carbocycles. The Kier molecular flexibility index (Phi) is 2.19. The molecule has 0 aromatic rings. The summed E-state index contributed by atoms with van der Waals surface area (Å²) in [4.78, 5) is 12.4. The summed E-state index contributed by atoms with van der Waals surface area (Å²) >= 11 is 1.74. The number of carbonyl (C=O) groups excluding carboxylic acids is 1. The summed E-state index contributed by atoms with van der Waals surface area (Å²) in [6.45, 7) is 2.93. The largest absolute Gasteiger partial charge is 0.388 e. The first-order chi connectivity index (χ1) is 4.51. The summed E-state index contributed by atoms with van der Waals surface area (Å²) in [6, 6.07) is 0. The van der Waals surface area contributed by atoms with Gasteiger partial charge in [-0.2, -0.15) is 0 Å². The van der Waals surface area contributed by atoms with Crippen molar-refractivity contribution in [3.8, 4) is 0 Å². The molecule has 10 heavy (non-hydrogen) atoms. The highest BCUT2D eigenvalue weighted by atomic mass is 127. The van der Waals surface area contributed by atoms with E-state index in [0.29, 0.717) is 19.5 Å². The fourth-order valence-electron chi connectivity index (χ4n) is 1.10. The van der Waals surface area contributed by atoms with E-state index in [-0.39, 0.29) is 3.91 Å².